The number of benzene rings is 2. The molecule has 0 bridgehead atoms. The van der Waals surface area contributed by atoms with Crippen molar-refractivity contribution in [2.75, 3.05) is 13.1 Å². The second-order valence-corrected chi connectivity index (χ2v) is 7.87. The minimum Gasteiger partial charge on any atom is -0.478 e. The molecule has 0 aliphatic carbocycles. The summed E-state index contributed by atoms with van der Waals surface area (Å²) in [4.78, 5) is 30.5. The van der Waals surface area contributed by atoms with E-state index in [9.17, 15) is 14.7 Å². The number of carbonyl (C=O) groups excluding carboxylic acids is 1. The van der Waals surface area contributed by atoms with Crippen molar-refractivity contribution in [1.29, 1.82) is 0 Å². The first-order valence-corrected chi connectivity index (χ1v) is 11.1. The summed E-state index contributed by atoms with van der Waals surface area (Å²) in [6, 6.07) is 19.6. The smallest absolute Gasteiger partial charge is 0.335 e. The molecule has 0 spiro atoms. The molecule has 2 aromatic carbocycles. The Bertz CT molecular complexity index is 992. The van der Waals surface area contributed by atoms with Crippen molar-refractivity contribution < 1.29 is 14.7 Å². The number of nitrogens with zero attached hydrogens (tertiary/aromatic N) is 2. The van der Waals surface area contributed by atoms with Gasteiger partial charge in [-0.3, -0.25) is 9.78 Å². The van der Waals surface area contributed by atoms with E-state index in [2.05, 4.69) is 67.4 Å². The topological polar surface area (TPSA) is 70.5 Å². The molecular weight excluding hydrogens is 400 g/mol. The Morgan fingerprint density at radius 1 is 0.781 bits per heavy atom. The van der Waals surface area contributed by atoms with Gasteiger partial charge in [0.1, 0.15) is 5.69 Å². The summed E-state index contributed by atoms with van der Waals surface area (Å²) < 4.78 is 0. The number of carbonyl (C=O) groups is 2. The van der Waals surface area contributed by atoms with Gasteiger partial charge in [0.05, 0.1) is 5.56 Å². The molecule has 0 atom stereocenters. The zero-order valence-electron chi connectivity index (χ0n) is 18.8. The van der Waals surface area contributed by atoms with Crippen LogP contribution in [0.3, 0.4) is 0 Å². The highest BCUT2D eigenvalue weighted by Crippen LogP contribution is 2.12. The van der Waals surface area contributed by atoms with E-state index in [1.54, 1.807) is 4.90 Å². The van der Waals surface area contributed by atoms with Crippen LogP contribution in [0, 0.1) is 0 Å². The number of aromatic carboxylic acids is 1. The van der Waals surface area contributed by atoms with E-state index in [-0.39, 0.29) is 17.2 Å². The second-order valence-electron chi connectivity index (χ2n) is 7.87. The van der Waals surface area contributed by atoms with Gasteiger partial charge in [-0.05, 0) is 60.1 Å². The number of carboxylic acid groups (broad SMARTS) is 1. The first kappa shape index (κ1) is 23.2. The van der Waals surface area contributed by atoms with Gasteiger partial charge in [0.15, 0.2) is 0 Å². The van der Waals surface area contributed by atoms with Gasteiger partial charge in [0.25, 0.3) is 5.91 Å². The van der Waals surface area contributed by atoms with E-state index < -0.39 is 5.97 Å². The van der Waals surface area contributed by atoms with Crippen LogP contribution < -0.4 is 0 Å². The number of carboxylic acids is 1. The minimum absolute atomic E-state index is 0.0635. The van der Waals surface area contributed by atoms with Crippen molar-refractivity contribution in [3.8, 4) is 0 Å². The molecule has 1 N–H and O–H groups in total. The molecule has 0 aliphatic heterocycles. The highest BCUT2D eigenvalue weighted by atomic mass is 16.4. The van der Waals surface area contributed by atoms with Crippen molar-refractivity contribution in [2.24, 2.45) is 0 Å². The molecule has 0 fully saturated rings. The van der Waals surface area contributed by atoms with Gasteiger partial charge in [0.2, 0.25) is 0 Å². The van der Waals surface area contributed by atoms with Crippen LogP contribution in [0.2, 0.25) is 0 Å². The Balaban J connectivity index is 1.75. The lowest BCUT2D eigenvalue weighted by molar-refractivity contribution is 0.0696. The Labute approximate surface area is 189 Å². The van der Waals surface area contributed by atoms with Crippen LogP contribution in [0.1, 0.15) is 56.9 Å². The van der Waals surface area contributed by atoms with E-state index in [1.165, 1.54) is 40.6 Å². The van der Waals surface area contributed by atoms with Crippen LogP contribution in [-0.2, 0) is 25.7 Å². The third kappa shape index (κ3) is 6.27. The Morgan fingerprint density at radius 3 is 1.69 bits per heavy atom. The predicted octanol–water partition coefficient (Wildman–Crippen LogP) is 4.83. The first-order chi connectivity index (χ1) is 15.5. The van der Waals surface area contributed by atoms with Crippen LogP contribution in [0.4, 0.5) is 0 Å². The summed E-state index contributed by atoms with van der Waals surface area (Å²) in [7, 11) is 0. The number of amides is 1. The molecule has 3 aromatic rings. The first-order valence-electron chi connectivity index (χ1n) is 11.1. The van der Waals surface area contributed by atoms with Gasteiger partial charge in [-0.1, -0.05) is 62.4 Å². The average molecular weight is 431 g/mol. The summed E-state index contributed by atoms with van der Waals surface area (Å²) in [5.74, 6) is -1.32. The number of aryl methyl sites for hydroxylation is 2. The summed E-state index contributed by atoms with van der Waals surface area (Å²) in [6.07, 6.45) is 4.81. The lowest BCUT2D eigenvalue weighted by Crippen LogP contribution is -2.35. The fraction of sp³-hybridized carbons (Fsp3) is 0.296. The zero-order valence-corrected chi connectivity index (χ0v) is 18.8. The van der Waals surface area contributed by atoms with Gasteiger partial charge in [-0.15, -0.1) is 0 Å². The molecule has 166 valence electrons. The SMILES string of the molecule is CCc1ccc(CCN(CCc2ccc(CC)cc2)C(=O)c2cc(C(=O)O)ccn2)cc1. The van der Waals surface area contributed by atoms with Crippen molar-refractivity contribution in [3.63, 3.8) is 0 Å². The number of hydrogen-bond acceptors (Lipinski definition) is 3. The Morgan fingerprint density at radius 2 is 1.25 bits per heavy atom. The van der Waals surface area contributed by atoms with E-state index >= 15 is 0 Å². The molecule has 0 unspecified atom stereocenters. The molecule has 1 heterocycles. The highest BCUT2D eigenvalue weighted by molar-refractivity contribution is 5.95. The van der Waals surface area contributed by atoms with Crippen molar-refractivity contribution in [2.45, 2.75) is 39.5 Å². The summed E-state index contributed by atoms with van der Waals surface area (Å²) in [6.45, 7) is 5.33. The van der Waals surface area contributed by atoms with Crippen LogP contribution >= 0.6 is 0 Å². The van der Waals surface area contributed by atoms with Crippen molar-refractivity contribution in [3.05, 3.63) is 100 Å². The normalized spacial score (nSPS) is 10.7. The zero-order chi connectivity index (χ0) is 22.9. The standard InChI is InChI=1S/C27H30N2O3/c1-3-20-5-9-22(10-6-20)14-17-29(18-15-23-11-7-21(4-2)8-12-23)26(30)25-19-24(27(31)32)13-16-28-25/h5-13,16,19H,3-4,14-15,17-18H2,1-2H3,(H,31,32). The molecule has 32 heavy (non-hydrogen) atoms. The van der Waals surface area contributed by atoms with Gasteiger partial charge in [-0.2, -0.15) is 0 Å². The molecule has 1 amide bonds. The van der Waals surface area contributed by atoms with Gasteiger partial charge in [-0.25, -0.2) is 4.79 Å². The van der Waals surface area contributed by atoms with Crippen molar-refractivity contribution in [1.82, 2.24) is 9.88 Å². The second kappa shape index (κ2) is 11.2. The third-order valence-electron chi connectivity index (χ3n) is 5.72. The molecule has 3 rings (SSSR count). The van der Waals surface area contributed by atoms with Crippen LogP contribution in [-0.4, -0.2) is 40.0 Å². The molecule has 0 aliphatic rings. The maximum absolute atomic E-state index is 13.2. The fourth-order valence-electron chi connectivity index (χ4n) is 3.57. The molecule has 5 heteroatoms. The molecule has 0 radical (unpaired) electrons. The summed E-state index contributed by atoms with van der Waals surface area (Å²) in [5.41, 5.74) is 5.12. The van der Waals surface area contributed by atoms with Crippen LogP contribution in [0.25, 0.3) is 0 Å². The fourth-order valence-corrected chi connectivity index (χ4v) is 3.57. The number of rotatable bonds is 10. The van der Waals surface area contributed by atoms with Gasteiger partial charge < -0.3 is 10.0 Å². The number of pyridine rings is 1. The van der Waals surface area contributed by atoms with E-state index in [0.717, 1.165) is 25.7 Å². The highest BCUT2D eigenvalue weighted by Gasteiger charge is 2.18. The largest absolute Gasteiger partial charge is 0.478 e. The molecular formula is C27H30N2O3. The van der Waals surface area contributed by atoms with Crippen molar-refractivity contribution >= 4 is 11.9 Å². The summed E-state index contributed by atoms with van der Waals surface area (Å²) >= 11 is 0. The van der Waals surface area contributed by atoms with E-state index in [0.29, 0.717) is 13.1 Å². The van der Waals surface area contributed by atoms with Crippen LogP contribution in [0.5, 0.6) is 0 Å². The number of aromatic nitrogens is 1. The lowest BCUT2D eigenvalue weighted by Gasteiger charge is -2.23. The average Bonchev–Trinajstić information content (AvgIpc) is 2.84. The maximum atomic E-state index is 13.2. The van der Waals surface area contributed by atoms with E-state index in [4.69, 9.17) is 0 Å². The number of hydrogen-bond donors (Lipinski definition) is 1. The molecule has 0 saturated carbocycles. The Kier molecular flexibility index (Phi) is 8.14. The molecule has 1 aromatic heterocycles. The quantitative estimate of drug-likeness (QED) is 0.500. The monoisotopic (exact) mass is 430 g/mol. The van der Waals surface area contributed by atoms with E-state index in [1.807, 2.05) is 0 Å². The summed E-state index contributed by atoms with van der Waals surface area (Å²) in [5, 5.41) is 9.27. The van der Waals surface area contributed by atoms with Gasteiger partial charge in [0, 0.05) is 19.3 Å². The third-order valence-corrected chi connectivity index (χ3v) is 5.72. The lowest BCUT2D eigenvalue weighted by atomic mass is 10.1. The van der Waals surface area contributed by atoms with Gasteiger partial charge >= 0.3 is 5.97 Å². The minimum atomic E-state index is -1.07. The Hall–Kier alpha value is -3.47. The maximum Gasteiger partial charge on any atom is 0.335 e. The predicted molar refractivity (Wildman–Crippen MR) is 126 cm³/mol. The van der Waals surface area contributed by atoms with Crippen LogP contribution in [0.15, 0.2) is 66.9 Å². The molecule has 0 saturated heterocycles. The molecule has 5 nitrogen and oxygen atoms in total.